The van der Waals surface area contributed by atoms with Crippen LogP contribution in [0.4, 0.5) is 0 Å². The third kappa shape index (κ3) is 3.88. The molecule has 0 aromatic carbocycles. The van der Waals surface area contributed by atoms with Gasteiger partial charge < -0.3 is 10.2 Å². The summed E-state index contributed by atoms with van der Waals surface area (Å²) in [4.78, 5) is 26.1. The second-order valence-corrected chi connectivity index (χ2v) is 7.10. The summed E-state index contributed by atoms with van der Waals surface area (Å²) in [5, 5.41) is 2.86. The molecule has 4 nitrogen and oxygen atoms in total. The maximum absolute atomic E-state index is 12.5. The Balaban J connectivity index is 2.01. The predicted molar refractivity (Wildman–Crippen MR) is 78.0 cm³/mol. The van der Waals surface area contributed by atoms with E-state index in [0.717, 1.165) is 6.54 Å². The van der Waals surface area contributed by atoms with E-state index < -0.39 is 0 Å². The van der Waals surface area contributed by atoms with Crippen LogP contribution in [0, 0.1) is 11.8 Å². The molecule has 0 aromatic rings. The molecule has 0 radical (unpaired) electrons. The summed E-state index contributed by atoms with van der Waals surface area (Å²) in [6, 6.07) is -0.340. The first-order chi connectivity index (χ1) is 9.08. The first-order valence-corrected chi connectivity index (χ1v) is 8.39. The predicted octanol–water partition coefficient (Wildman–Crippen LogP) is 1.50. The average molecular weight is 284 g/mol. The number of nitrogens with one attached hydrogen (secondary N) is 1. The number of carbonyl (C=O) groups is 2. The molecule has 108 valence electrons. The van der Waals surface area contributed by atoms with Crippen LogP contribution in [0.3, 0.4) is 0 Å². The molecule has 2 aliphatic rings. The third-order valence-corrected chi connectivity index (χ3v) is 5.04. The first-order valence-electron chi connectivity index (χ1n) is 7.24. The zero-order valence-corrected chi connectivity index (χ0v) is 12.7. The number of hydrogen-bond donors (Lipinski definition) is 1. The average Bonchev–Trinajstić information content (AvgIpc) is 2.53. The summed E-state index contributed by atoms with van der Waals surface area (Å²) in [5.41, 5.74) is 0. The van der Waals surface area contributed by atoms with E-state index in [1.807, 2.05) is 30.5 Å². The second-order valence-electron chi connectivity index (χ2n) is 5.88. The van der Waals surface area contributed by atoms with E-state index in [4.69, 9.17) is 0 Å². The van der Waals surface area contributed by atoms with Gasteiger partial charge in [-0.3, -0.25) is 9.59 Å². The second kappa shape index (κ2) is 6.64. The van der Waals surface area contributed by atoms with Crippen molar-refractivity contribution >= 4 is 23.6 Å². The summed E-state index contributed by atoms with van der Waals surface area (Å²) in [5.74, 6) is 3.30. The fraction of sp³-hybridized carbons (Fsp3) is 0.857. The Hall–Kier alpha value is -0.710. The molecule has 2 saturated heterocycles. The summed E-state index contributed by atoms with van der Waals surface area (Å²) in [6.07, 6.45) is 2.83. The van der Waals surface area contributed by atoms with E-state index in [1.54, 1.807) is 0 Å². The lowest BCUT2D eigenvalue weighted by Crippen LogP contribution is -2.48. The molecule has 0 spiro atoms. The molecule has 19 heavy (non-hydrogen) atoms. The molecule has 2 amide bonds. The molecule has 0 bridgehead atoms. The molecule has 0 saturated carbocycles. The van der Waals surface area contributed by atoms with Crippen molar-refractivity contribution in [3.8, 4) is 0 Å². The number of thioether (sulfide) groups is 1. The summed E-state index contributed by atoms with van der Waals surface area (Å²) >= 11 is 2.00. The van der Waals surface area contributed by atoms with Crippen LogP contribution in [0.1, 0.15) is 33.1 Å². The van der Waals surface area contributed by atoms with Crippen molar-refractivity contribution in [2.45, 2.75) is 39.2 Å². The highest BCUT2D eigenvalue weighted by molar-refractivity contribution is 7.99. The smallest absolute Gasteiger partial charge is 0.245 e. The van der Waals surface area contributed by atoms with Gasteiger partial charge in [-0.05, 0) is 36.2 Å². The van der Waals surface area contributed by atoms with Crippen LogP contribution in [0.5, 0.6) is 0 Å². The van der Waals surface area contributed by atoms with Gasteiger partial charge in [0.1, 0.15) is 6.04 Å². The number of hydrogen-bond acceptors (Lipinski definition) is 3. The van der Waals surface area contributed by atoms with Gasteiger partial charge in [0, 0.05) is 19.5 Å². The fourth-order valence-corrected chi connectivity index (χ4v) is 3.93. The van der Waals surface area contributed by atoms with Gasteiger partial charge in [-0.15, -0.1) is 0 Å². The van der Waals surface area contributed by atoms with Crippen LogP contribution in [0.2, 0.25) is 0 Å². The normalized spacial score (nSPS) is 26.5. The highest BCUT2D eigenvalue weighted by Gasteiger charge is 2.33. The summed E-state index contributed by atoms with van der Waals surface area (Å²) in [7, 11) is 0. The molecule has 2 rings (SSSR count). The van der Waals surface area contributed by atoms with Gasteiger partial charge in [-0.2, -0.15) is 11.8 Å². The van der Waals surface area contributed by atoms with E-state index in [9.17, 15) is 9.59 Å². The highest BCUT2D eigenvalue weighted by atomic mass is 32.2. The van der Waals surface area contributed by atoms with Gasteiger partial charge in [-0.1, -0.05) is 13.8 Å². The van der Waals surface area contributed by atoms with Crippen molar-refractivity contribution < 1.29 is 9.59 Å². The maximum atomic E-state index is 12.5. The van der Waals surface area contributed by atoms with Gasteiger partial charge >= 0.3 is 0 Å². The van der Waals surface area contributed by atoms with E-state index in [0.29, 0.717) is 18.9 Å². The van der Waals surface area contributed by atoms with Gasteiger partial charge in [0.25, 0.3) is 0 Å². The number of carbonyl (C=O) groups excluding carboxylic acids is 2. The topological polar surface area (TPSA) is 49.4 Å². The minimum atomic E-state index is -0.340. The standard InChI is InChI=1S/C14H24N2O2S/c1-10(2)13-14(18)16(6-3-12(17)15-13)9-11-4-7-19-8-5-11/h10-11,13H,3-9H2,1-2H3,(H,15,17). The van der Waals surface area contributed by atoms with Crippen molar-refractivity contribution in [2.24, 2.45) is 11.8 Å². The molecule has 2 heterocycles. The van der Waals surface area contributed by atoms with Crippen molar-refractivity contribution in [2.75, 3.05) is 24.6 Å². The van der Waals surface area contributed by atoms with Gasteiger partial charge in [0.2, 0.25) is 11.8 Å². The SMILES string of the molecule is CC(C)C1NC(=O)CCN(CC2CCSCC2)C1=O. The largest absolute Gasteiger partial charge is 0.344 e. The molecule has 2 fully saturated rings. The van der Waals surface area contributed by atoms with E-state index >= 15 is 0 Å². The van der Waals surface area contributed by atoms with Gasteiger partial charge in [0.05, 0.1) is 0 Å². The zero-order valence-electron chi connectivity index (χ0n) is 11.9. The summed E-state index contributed by atoms with van der Waals surface area (Å²) in [6.45, 7) is 5.39. The quantitative estimate of drug-likeness (QED) is 0.854. The molecule has 2 aliphatic heterocycles. The molecule has 1 atom stereocenters. The Morgan fingerprint density at radius 3 is 2.63 bits per heavy atom. The Morgan fingerprint density at radius 1 is 1.32 bits per heavy atom. The first kappa shape index (κ1) is 14.7. The van der Waals surface area contributed by atoms with Crippen molar-refractivity contribution in [1.82, 2.24) is 10.2 Å². The van der Waals surface area contributed by atoms with E-state index in [2.05, 4.69) is 5.32 Å². The summed E-state index contributed by atoms with van der Waals surface area (Å²) < 4.78 is 0. The monoisotopic (exact) mass is 284 g/mol. The van der Waals surface area contributed by atoms with Crippen molar-refractivity contribution in [3.63, 3.8) is 0 Å². The molecular formula is C14H24N2O2S. The van der Waals surface area contributed by atoms with E-state index in [1.165, 1.54) is 24.3 Å². The number of amides is 2. The van der Waals surface area contributed by atoms with Crippen molar-refractivity contribution in [3.05, 3.63) is 0 Å². The van der Waals surface area contributed by atoms with Gasteiger partial charge in [-0.25, -0.2) is 0 Å². The van der Waals surface area contributed by atoms with Crippen LogP contribution in [0.25, 0.3) is 0 Å². The Labute approximate surface area is 119 Å². The maximum Gasteiger partial charge on any atom is 0.245 e. The Kier molecular flexibility index (Phi) is 5.13. The van der Waals surface area contributed by atoms with Crippen LogP contribution in [-0.4, -0.2) is 47.4 Å². The van der Waals surface area contributed by atoms with E-state index in [-0.39, 0.29) is 23.8 Å². The highest BCUT2D eigenvalue weighted by Crippen LogP contribution is 2.24. The fourth-order valence-electron chi connectivity index (χ4n) is 2.72. The lowest BCUT2D eigenvalue weighted by molar-refractivity contribution is -0.135. The number of nitrogens with zero attached hydrogens (tertiary/aromatic N) is 1. The minimum absolute atomic E-state index is 0.00810. The Morgan fingerprint density at radius 2 is 2.00 bits per heavy atom. The van der Waals surface area contributed by atoms with Crippen LogP contribution in [-0.2, 0) is 9.59 Å². The lowest BCUT2D eigenvalue weighted by Gasteiger charge is -2.31. The molecular weight excluding hydrogens is 260 g/mol. The van der Waals surface area contributed by atoms with Crippen LogP contribution in [0.15, 0.2) is 0 Å². The van der Waals surface area contributed by atoms with Gasteiger partial charge in [0.15, 0.2) is 0 Å². The number of rotatable bonds is 3. The minimum Gasteiger partial charge on any atom is -0.344 e. The molecule has 1 N–H and O–H groups in total. The Bertz CT molecular complexity index is 340. The van der Waals surface area contributed by atoms with Crippen molar-refractivity contribution in [1.29, 1.82) is 0 Å². The zero-order chi connectivity index (χ0) is 13.8. The molecule has 5 heteroatoms. The third-order valence-electron chi connectivity index (χ3n) is 3.99. The van der Waals surface area contributed by atoms with Crippen LogP contribution >= 0.6 is 11.8 Å². The molecule has 0 aliphatic carbocycles. The molecule has 1 unspecified atom stereocenters. The molecule has 0 aromatic heterocycles. The van der Waals surface area contributed by atoms with Crippen LogP contribution < -0.4 is 5.32 Å². The lowest BCUT2D eigenvalue weighted by atomic mass is 10.00.